The summed E-state index contributed by atoms with van der Waals surface area (Å²) in [6, 6.07) is 32.3. The van der Waals surface area contributed by atoms with Crippen molar-refractivity contribution in [1.29, 1.82) is 0 Å². The average Bonchev–Trinajstić information content (AvgIpc) is 1.75. The number of nitrogens with one attached hydrogen (secondary N) is 1. The molecule has 28 heteroatoms. The molecule has 5 aromatic rings. The summed E-state index contributed by atoms with van der Waals surface area (Å²) in [5.74, 6) is -2.27. The van der Waals surface area contributed by atoms with E-state index in [2.05, 4.69) is 5.32 Å². The first kappa shape index (κ1) is 77.1. The van der Waals surface area contributed by atoms with E-state index in [1.165, 1.54) is 50.6 Å². The number of ether oxygens (including phenoxy) is 2. The Morgan fingerprint density at radius 3 is 1.89 bits per heavy atom. The largest absolute Gasteiger partial charge is 1.00 e. The molecule has 7 rings (SSSR count). The number of unbranched alkanes of at least 4 members (excludes halogenated alkanes) is 2. The third kappa shape index (κ3) is 19.9. The second-order valence-electron chi connectivity index (χ2n) is 21.2. The van der Waals surface area contributed by atoms with E-state index in [-0.39, 0.29) is 159 Å². The van der Waals surface area contributed by atoms with Gasteiger partial charge in [-0.05, 0) is 137 Å². The zero-order valence-corrected chi connectivity index (χ0v) is 60.7. The molecule has 0 saturated carbocycles. The molecule has 1 amide bonds. The van der Waals surface area contributed by atoms with Gasteiger partial charge in [-0.25, -0.2) is 21.6 Å². The van der Waals surface area contributed by atoms with Crippen molar-refractivity contribution in [2.24, 2.45) is 0 Å². The van der Waals surface area contributed by atoms with Gasteiger partial charge in [-0.1, -0.05) is 66.7 Å². The number of fused-ring (bicyclic) bond motifs is 2. The number of ketones is 1. The van der Waals surface area contributed by atoms with E-state index in [4.69, 9.17) is 9.47 Å². The average molecular weight is 1330 g/mol. The number of nitrogens with zero attached hydrogens (tertiary/aromatic N) is 2. The van der Waals surface area contributed by atoms with Gasteiger partial charge >= 0.3 is 94.6 Å². The van der Waals surface area contributed by atoms with Gasteiger partial charge in [0, 0.05) is 90.6 Å². The quantitative estimate of drug-likeness (QED) is 0.0111. The van der Waals surface area contributed by atoms with Crippen molar-refractivity contribution in [3.63, 3.8) is 0 Å². The Morgan fingerprint density at radius 2 is 1.30 bits per heavy atom. The minimum absolute atomic E-state index is 0. The summed E-state index contributed by atoms with van der Waals surface area (Å²) in [6.45, 7) is 4.42. The van der Waals surface area contributed by atoms with Crippen LogP contribution in [0, 0.1) is 0 Å². The Bertz CT molecular complexity index is 3840. The number of benzene rings is 5. The fourth-order valence-corrected chi connectivity index (χ4v) is 15.7. The van der Waals surface area contributed by atoms with Crippen molar-refractivity contribution in [2.75, 3.05) is 56.9 Å². The maximum Gasteiger partial charge on any atom is 1.00 e. The molecule has 3 N–H and O–H groups in total. The topological polar surface area (TPSA) is 311 Å². The second-order valence-corrected chi connectivity index (χ2v) is 29.3. The van der Waals surface area contributed by atoms with E-state index in [9.17, 15) is 66.3 Å². The molecule has 2 aliphatic rings. The normalized spacial score (nSPS) is 17.1. The molecular formula is C60H69N3Na3O17PS4+2. The molecule has 0 bridgehead atoms. The van der Waals surface area contributed by atoms with Gasteiger partial charge in [0.15, 0.2) is 5.71 Å². The standard InChI is InChI=1S/C60H70N3O17PS4.3Na/c1-59(32-16-38-82(67,68)69)50-41-47(84(73,74)75)27-30-52(50)62(55(59)24-14-25-56-60(2,33-17-39-83(70,71)72)51-42-48(85(76,77)78)28-31-53(51)63(56)36-37-79-3)35-13-7-8-18-44(64)19-15-34-61-57(65)43-26-29-49(58(66)80-4)54(40-43)81(45-20-9-5-10-21-45)46-22-11-6-12-23-46;;;/h5-6,9-12,14,20-31,40-42H,7-8,13,15-19,32-39H2,1-4H3,(H4-,61,65,67,68,69,70,71,72,73,74,75,76,77,78);;;/q;3*+1/p-1. The molecule has 88 heavy (non-hydrogen) atoms. The predicted octanol–water partition coefficient (Wildman–Crippen LogP) is -2.05. The Kier molecular flexibility index (Phi) is 29.4. The number of Topliss-reactive ketones (excluding diaryl/α,β-unsaturated/α-hetero) is 1. The van der Waals surface area contributed by atoms with Crippen LogP contribution in [0.15, 0.2) is 149 Å². The number of hydrogen-bond donors (Lipinski definition) is 3. The van der Waals surface area contributed by atoms with Crippen LogP contribution in [0.3, 0.4) is 0 Å². The summed E-state index contributed by atoms with van der Waals surface area (Å²) < 4.78 is 154. The first-order valence-corrected chi connectivity index (χ1v) is 34.8. The van der Waals surface area contributed by atoms with Crippen LogP contribution in [0.5, 0.6) is 0 Å². The monoisotopic (exact) mass is 1330 g/mol. The van der Waals surface area contributed by atoms with Crippen molar-refractivity contribution in [3.8, 4) is 0 Å². The van der Waals surface area contributed by atoms with Gasteiger partial charge in [-0.3, -0.25) is 18.7 Å². The molecule has 2 aliphatic heterocycles. The Morgan fingerprint density at radius 1 is 0.693 bits per heavy atom. The summed E-state index contributed by atoms with van der Waals surface area (Å²) in [5, 5.41) is 5.52. The number of allylic oxidation sites excluding steroid dienone is 4. The van der Waals surface area contributed by atoms with Crippen molar-refractivity contribution < 1.29 is 169 Å². The van der Waals surface area contributed by atoms with Crippen LogP contribution in [0.4, 0.5) is 11.4 Å². The van der Waals surface area contributed by atoms with E-state index in [0.29, 0.717) is 82.6 Å². The Hall–Kier alpha value is -3.31. The van der Waals surface area contributed by atoms with Crippen LogP contribution in [-0.4, -0.2) is 132 Å². The number of anilines is 1. The molecule has 5 aromatic carbocycles. The third-order valence-corrected chi connectivity index (χ3v) is 21.1. The van der Waals surface area contributed by atoms with E-state index in [1.54, 1.807) is 50.3 Å². The SMILES string of the molecule is COCCN1C(=CC=CC2=[N+](CCCCCC(=O)CCCNC(=O)c3ccc(C(=O)OC)c(P(c4ccccc4)c4ccccc4)c3)c3ccc(S(=O)(=O)[O-])cc3C2(C)CCCS(=O)(=O)[O-])C(C)(CCCS(=O)(=O)O)c2cc(S(=O)(=O)O)ccc21.[Na+].[Na+].[Na+]. The summed E-state index contributed by atoms with van der Waals surface area (Å²) in [6.07, 6.45) is 7.33. The van der Waals surface area contributed by atoms with Gasteiger partial charge in [0.25, 0.3) is 26.1 Å². The second kappa shape index (κ2) is 33.5. The van der Waals surface area contributed by atoms with Gasteiger partial charge in [0.05, 0.1) is 50.4 Å². The minimum atomic E-state index is -4.99. The van der Waals surface area contributed by atoms with Crippen LogP contribution in [0.1, 0.15) is 110 Å². The molecule has 0 aromatic heterocycles. The van der Waals surface area contributed by atoms with E-state index in [0.717, 1.165) is 10.6 Å². The summed E-state index contributed by atoms with van der Waals surface area (Å²) in [4.78, 5) is 40.9. The first-order valence-electron chi connectivity index (χ1n) is 27.4. The van der Waals surface area contributed by atoms with Gasteiger partial charge < -0.3 is 28.8 Å². The van der Waals surface area contributed by atoms with Gasteiger partial charge in [-0.15, -0.1) is 0 Å². The Balaban J connectivity index is 0.00000552. The van der Waals surface area contributed by atoms with Crippen LogP contribution in [0.25, 0.3) is 0 Å². The maximum atomic E-state index is 13.6. The zero-order valence-electron chi connectivity index (χ0n) is 50.5. The number of hydrogen-bond acceptors (Lipinski definition) is 16. The van der Waals surface area contributed by atoms with Crippen molar-refractivity contribution in [3.05, 3.63) is 161 Å². The van der Waals surface area contributed by atoms with E-state index in [1.807, 2.05) is 70.1 Å². The number of carbonyl (C=O) groups is 3. The third-order valence-electron chi connectivity index (χ3n) is 15.4. The van der Waals surface area contributed by atoms with Crippen LogP contribution in [0.2, 0.25) is 0 Å². The first-order chi connectivity index (χ1) is 40.1. The van der Waals surface area contributed by atoms with Crippen LogP contribution >= 0.6 is 7.92 Å². The van der Waals surface area contributed by atoms with Gasteiger partial charge in [0.1, 0.15) is 22.4 Å². The maximum absolute atomic E-state index is 13.6. The molecule has 2 atom stereocenters. The molecule has 0 radical (unpaired) electrons. The molecular weight excluding hydrogens is 1260 g/mol. The molecule has 456 valence electrons. The minimum Gasteiger partial charge on any atom is -0.748 e. The van der Waals surface area contributed by atoms with Crippen molar-refractivity contribution in [1.82, 2.24) is 5.32 Å². The van der Waals surface area contributed by atoms with Crippen LogP contribution in [-0.2, 0) is 65.6 Å². The van der Waals surface area contributed by atoms with Crippen molar-refractivity contribution in [2.45, 2.75) is 98.7 Å². The van der Waals surface area contributed by atoms with Crippen molar-refractivity contribution >= 4 is 99.1 Å². The number of amides is 1. The fraction of sp³-hybridized carbons (Fsp3) is 0.367. The number of rotatable bonds is 30. The van der Waals surface area contributed by atoms with E-state index >= 15 is 0 Å². The summed E-state index contributed by atoms with van der Waals surface area (Å²) >= 11 is 0. The zero-order chi connectivity index (χ0) is 62.0. The number of methoxy groups -OCH3 is 2. The number of carbonyl (C=O) groups excluding carboxylic acids is 3. The molecule has 2 heterocycles. The molecule has 2 unspecified atom stereocenters. The molecule has 0 fully saturated rings. The molecule has 0 saturated heterocycles. The van der Waals surface area contributed by atoms with E-state index < -0.39 is 86.5 Å². The summed E-state index contributed by atoms with van der Waals surface area (Å²) in [7, 11) is -17.3. The van der Waals surface area contributed by atoms with Gasteiger partial charge in [0.2, 0.25) is 5.69 Å². The molecule has 0 aliphatic carbocycles. The number of esters is 1. The fourth-order valence-electron chi connectivity index (χ4n) is 11.2. The molecule has 20 nitrogen and oxygen atoms in total. The molecule has 0 spiro atoms. The van der Waals surface area contributed by atoms with Gasteiger partial charge in [-0.2, -0.15) is 21.4 Å². The predicted molar refractivity (Wildman–Crippen MR) is 323 cm³/mol. The smallest absolute Gasteiger partial charge is 0.748 e. The van der Waals surface area contributed by atoms with Crippen LogP contribution < -0.4 is 115 Å². The summed E-state index contributed by atoms with van der Waals surface area (Å²) in [5.41, 5.74) is 1.28. The Labute approximate surface area is 584 Å².